The fourth-order valence-corrected chi connectivity index (χ4v) is 3.24. The second kappa shape index (κ2) is 4.85. The van der Waals surface area contributed by atoms with Crippen molar-refractivity contribution in [1.82, 2.24) is 16.1 Å². The highest BCUT2D eigenvalue weighted by Crippen LogP contribution is 2.33. The van der Waals surface area contributed by atoms with Gasteiger partial charge in [0.1, 0.15) is 12.6 Å². The van der Waals surface area contributed by atoms with Gasteiger partial charge >= 0.3 is 0 Å². The van der Waals surface area contributed by atoms with E-state index in [2.05, 4.69) is 16.1 Å². The Morgan fingerprint density at radius 1 is 1.33 bits per heavy atom. The minimum absolute atomic E-state index is 0.0740. The minimum Gasteiger partial charge on any atom is -0.341 e. The van der Waals surface area contributed by atoms with Crippen molar-refractivity contribution in [3.63, 3.8) is 0 Å². The van der Waals surface area contributed by atoms with Gasteiger partial charge in [-0.05, 0) is 25.2 Å². The summed E-state index contributed by atoms with van der Waals surface area (Å²) in [5, 5.41) is 6.14. The van der Waals surface area contributed by atoms with Crippen molar-refractivity contribution in [2.45, 2.75) is 50.2 Å². The highest BCUT2D eigenvalue weighted by atomic mass is 16.7. The fourth-order valence-electron chi connectivity index (χ4n) is 3.24. The van der Waals surface area contributed by atoms with E-state index in [0.717, 1.165) is 6.42 Å². The molecule has 2 amide bonds. The van der Waals surface area contributed by atoms with Crippen molar-refractivity contribution < 1.29 is 14.4 Å². The number of hydrogen-bond donors (Lipinski definition) is 3. The maximum absolute atomic E-state index is 12.1. The number of carbonyl (C=O) groups is 2. The number of hydroxylamine groups is 1. The number of carbonyl (C=O) groups excluding carboxylic acids is 2. The third kappa shape index (κ3) is 2.22. The molecule has 1 aliphatic carbocycles. The molecule has 100 valence electrons. The van der Waals surface area contributed by atoms with E-state index in [4.69, 9.17) is 4.84 Å². The Bertz CT molecular complexity index is 346. The Morgan fingerprint density at radius 3 is 2.89 bits per heavy atom. The van der Waals surface area contributed by atoms with Crippen molar-refractivity contribution in [3.05, 3.63) is 0 Å². The van der Waals surface area contributed by atoms with E-state index < -0.39 is 6.04 Å². The predicted molar refractivity (Wildman–Crippen MR) is 63.3 cm³/mol. The second-order valence-corrected chi connectivity index (χ2v) is 5.44. The van der Waals surface area contributed by atoms with Gasteiger partial charge in [-0.3, -0.25) is 14.4 Å². The second-order valence-electron chi connectivity index (χ2n) is 5.44. The average molecular weight is 253 g/mol. The van der Waals surface area contributed by atoms with E-state index in [1.54, 1.807) is 0 Å². The van der Waals surface area contributed by atoms with Gasteiger partial charge in [0.25, 0.3) is 5.91 Å². The molecule has 3 aliphatic rings. The van der Waals surface area contributed by atoms with E-state index in [1.807, 2.05) is 0 Å². The van der Waals surface area contributed by atoms with Gasteiger partial charge in [0, 0.05) is 6.04 Å². The zero-order valence-electron chi connectivity index (χ0n) is 10.3. The van der Waals surface area contributed by atoms with E-state index in [0.29, 0.717) is 12.0 Å². The summed E-state index contributed by atoms with van der Waals surface area (Å²) in [5.74, 6) is 0.289. The monoisotopic (exact) mass is 253 g/mol. The number of nitrogens with one attached hydrogen (secondary N) is 3. The van der Waals surface area contributed by atoms with Crippen molar-refractivity contribution in [2.24, 2.45) is 5.92 Å². The largest absolute Gasteiger partial charge is 0.341 e. The molecule has 0 bridgehead atoms. The lowest BCUT2D eigenvalue weighted by Crippen LogP contribution is -2.49. The van der Waals surface area contributed by atoms with Gasteiger partial charge < -0.3 is 10.6 Å². The normalized spacial score (nSPS) is 39.2. The molecule has 0 aromatic rings. The molecule has 3 unspecified atom stereocenters. The van der Waals surface area contributed by atoms with Gasteiger partial charge in [0.2, 0.25) is 5.91 Å². The van der Waals surface area contributed by atoms with Gasteiger partial charge in [0.05, 0.1) is 6.04 Å². The van der Waals surface area contributed by atoms with Crippen LogP contribution in [0, 0.1) is 5.92 Å². The van der Waals surface area contributed by atoms with Crippen LogP contribution in [0.15, 0.2) is 0 Å². The summed E-state index contributed by atoms with van der Waals surface area (Å²) in [6, 6.07) is -0.198. The molecule has 2 saturated heterocycles. The standard InChI is InChI=1S/C12H19N3O3/c16-11(14-10-6-18-15-12(10)17)9-5-7-3-1-2-4-8(7)13-9/h7-10,13H,1-6H2,(H,14,16)(H,15,17)/t7?,8?,9?,10-/m1/s1. The highest BCUT2D eigenvalue weighted by molar-refractivity contribution is 5.90. The molecule has 18 heavy (non-hydrogen) atoms. The summed E-state index contributed by atoms with van der Waals surface area (Å²) in [4.78, 5) is 28.2. The molecule has 1 saturated carbocycles. The van der Waals surface area contributed by atoms with Crippen LogP contribution in [0.2, 0.25) is 0 Å². The lowest BCUT2D eigenvalue weighted by molar-refractivity contribution is -0.129. The molecule has 2 aliphatic heterocycles. The molecule has 2 heterocycles. The van der Waals surface area contributed by atoms with Crippen LogP contribution in [-0.2, 0) is 14.4 Å². The van der Waals surface area contributed by atoms with Crippen molar-refractivity contribution in [1.29, 1.82) is 0 Å². The Morgan fingerprint density at radius 2 is 2.17 bits per heavy atom. The zero-order chi connectivity index (χ0) is 12.5. The number of rotatable bonds is 2. The molecule has 0 aromatic carbocycles. The molecule has 0 spiro atoms. The first-order valence-electron chi connectivity index (χ1n) is 6.72. The Hall–Kier alpha value is -1.14. The maximum atomic E-state index is 12.1. The topological polar surface area (TPSA) is 79.5 Å². The molecule has 6 heteroatoms. The molecule has 3 rings (SSSR count). The zero-order valence-corrected chi connectivity index (χ0v) is 10.3. The van der Waals surface area contributed by atoms with Crippen LogP contribution in [0.4, 0.5) is 0 Å². The van der Waals surface area contributed by atoms with Crippen LogP contribution in [-0.4, -0.2) is 36.5 Å². The lowest BCUT2D eigenvalue weighted by Gasteiger charge is -2.24. The SMILES string of the molecule is O=C(N[C@@H]1CONC1=O)C1CC2CCCCC2N1. The van der Waals surface area contributed by atoms with Gasteiger partial charge in [-0.15, -0.1) is 0 Å². The van der Waals surface area contributed by atoms with Crippen LogP contribution in [0.25, 0.3) is 0 Å². The third-order valence-electron chi connectivity index (χ3n) is 4.24. The van der Waals surface area contributed by atoms with Crippen molar-refractivity contribution in [2.75, 3.05) is 6.61 Å². The van der Waals surface area contributed by atoms with Gasteiger partial charge in [-0.1, -0.05) is 12.8 Å². The first-order valence-corrected chi connectivity index (χ1v) is 6.72. The summed E-state index contributed by atoms with van der Waals surface area (Å²) in [6.45, 7) is 0.212. The van der Waals surface area contributed by atoms with Gasteiger partial charge in [-0.2, -0.15) is 0 Å². The fraction of sp³-hybridized carbons (Fsp3) is 0.833. The molecule has 4 atom stereocenters. The maximum Gasteiger partial charge on any atom is 0.268 e. The van der Waals surface area contributed by atoms with E-state index in [-0.39, 0.29) is 24.5 Å². The average Bonchev–Trinajstić information content (AvgIpc) is 2.96. The molecule has 0 radical (unpaired) electrons. The first-order chi connectivity index (χ1) is 8.74. The Kier molecular flexibility index (Phi) is 3.22. The summed E-state index contributed by atoms with van der Waals surface area (Å²) in [5.41, 5.74) is 2.24. The van der Waals surface area contributed by atoms with Gasteiger partial charge in [-0.25, -0.2) is 5.48 Å². The third-order valence-corrected chi connectivity index (χ3v) is 4.24. The van der Waals surface area contributed by atoms with Crippen LogP contribution >= 0.6 is 0 Å². The Labute approximate surface area is 106 Å². The van der Waals surface area contributed by atoms with E-state index in [1.165, 1.54) is 25.7 Å². The van der Waals surface area contributed by atoms with E-state index in [9.17, 15) is 9.59 Å². The summed E-state index contributed by atoms with van der Waals surface area (Å²) >= 11 is 0. The molecule has 0 aromatic heterocycles. The molecule has 6 nitrogen and oxygen atoms in total. The number of amides is 2. The van der Waals surface area contributed by atoms with Crippen molar-refractivity contribution in [3.8, 4) is 0 Å². The van der Waals surface area contributed by atoms with Crippen molar-refractivity contribution >= 4 is 11.8 Å². The first kappa shape index (κ1) is 11.9. The summed E-state index contributed by atoms with van der Waals surface area (Å²) in [6.07, 6.45) is 5.80. The molecular weight excluding hydrogens is 234 g/mol. The van der Waals surface area contributed by atoms with Gasteiger partial charge in [0.15, 0.2) is 0 Å². The molecule has 3 fully saturated rings. The van der Waals surface area contributed by atoms with Crippen LogP contribution in [0.3, 0.4) is 0 Å². The van der Waals surface area contributed by atoms with Crippen LogP contribution in [0.1, 0.15) is 32.1 Å². The quantitative estimate of drug-likeness (QED) is 0.617. The lowest BCUT2D eigenvalue weighted by atomic mass is 9.85. The summed E-state index contributed by atoms with van der Waals surface area (Å²) in [7, 11) is 0. The summed E-state index contributed by atoms with van der Waals surface area (Å²) < 4.78 is 0. The number of fused-ring (bicyclic) bond motifs is 1. The Balaban J connectivity index is 1.55. The highest BCUT2D eigenvalue weighted by Gasteiger charge is 2.39. The minimum atomic E-state index is -0.540. The molecule has 3 N–H and O–H groups in total. The van der Waals surface area contributed by atoms with Crippen LogP contribution < -0.4 is 16.1 Å². The van der Waals surface area contributed by atoms with E-state index >= 15 is 0 Å². The molecular formula is C12H19N3O3. The van der Waals surface area contributed by atoms with Crippen LogP contribution in [0.5, 0.6) is 0 Å². The predicted octanol–water partition coefficient (Wildman–Crippen LogP) is -0.547. The number of hydrogen-bond acceptors (Lipinski definition) is 4. The smallest absolute Gasteiger partial charge is 0.268 e.